The first-order valence-corrected chi connectivity index (χ1v) is 40.7. The van der Waals surface area contributed by atoms with E-state index in [4.69, 9.17) is 53.1 Å². The van der Waals surface area contributed by atoms with Crippen molar-refractivity contribution in [3.63, 3.8) is 0 Å². The van der Waals surface area contributed by atoms with Gasteiger partial charge in [-0.15, -0.1) is 0 Å². The van der Waals surface area contributed by atoms with Crippen LogP contribution in [0.2, 0.25) is 0 Å². The van der Waals surface area contributed by atoms with Crippen LogP contribution in [-0.2, 0) is 6.42 Å². The molecule has 4 aliphatic heterocycles. The first kappa shape index (κ1) is 81.3. The van der Waals surface area contributed by atoms with Crippen molar-refractivity contribution >= 4 is 84.1 Å². The Kier molecular flexibility index (Phi) is 27.2. The van der Waals surface area contributed by atoms with Gasteiger partial charge in [0.25, 0.3) is 0 Å². The molecule has 12 aromatic rings. The second-order valence-corrected chi connectivity index (χ2v) is 30.2. The summed E-state index contributed by atoms with van der Waals surface area (Å²) < 4.78 is 39.8. The van der Waals surface area contributed by atoms with Crippen LogP contribution in [-0.4, -0.2) is 96.3 Å². The minimum Gasteiger partial charge on any atom is -0.497 e. The normalized spacial score (nSPS) is 18.6. The maximum atomic E-state index is 5.63. The zero-order valence-corrected chi connectivity index (χ0v) is 70.8. The fraction of sp³-hybridized carbons (Fsp3) is 0.224. The van der Waals surface area contributed by atoms with Gasteiger partial charge in [0.15, 0.2) is 0 Å². The minimum absolute atomic E-state index is 0.0370. The number of hydrogen-bond donors (Lipinski definition) is 0. The lowest BCUT2D eigenvalue weighted by Gasteiger charge is -2.30. The topological polar surface area (TPSA) is 127 Å². The van der Waals surface area contributed by atoms with Gasteiger partial charge in [-0.05, 0) is 308 Å². The Morgan fingerprint density at radius 3 is 0.817 bits per heavy atom. The molecule has 0 saturated carbocycles. The van der Waals surface area contributed by atoms with Gasteiger partial charge in [0.05, 0.1) is 96.3 Å². The fourth-order valence-corrected chi connectivity index (χ4v) is 15.7. The summed E-state index contributed by atoms with van der Waals surface area (Å²) in [4.78, 5) is 30.1. The molecule has 15 nitrogen and oxygen atoms in total. The van der Waals surface area contributed by atoms with Crippen LogP contribution in [0.4, 0.5) is 22.7 Å². The Morgan fingerprint density at radius 2 is 0.530 bits per heavy atom. The van der Waals surface area contributed by atoms with Crippen molar-refractivity contribution in [1.29, 1.82) is 0 Å². The number of ether oxygens (including phenoxy) is 7. The number of anilines is 4. The van der Waals surface area contributed by atoms with Gasteiger partial charge in [-0.25, -0.2) is 0 Å². The first-order valence-electron chi connectivity index (χ1n) is 38.9. The van der Waals surface area contributed by atoms with E-state index in [2.05, 4.69) is 305 Å². The van der Waals surface area contributed by atoms with E-state index in [0.717, 1.165) is 130 Å². The van der Waals surface area contributed by atoms with Crippen LogP contribution < -0.4 is 52.8 Å². The van der Waals surface area contributed by atoms with Crippen molar-refractivity contribution in [1.82, 2.24) is 0 Å². The van der Waals surface area contributed by atoms with E-state index in [1.807, 2.05) is 97.9 Å². The van der Waals surface area contributed by atoms with E-state index in [9.17, 15) is 0 Å². The lowest BCUT2D eigenvalue weighted by molar-refractivity contribution is 0.340. The molecule has 0 aromatic heterocycles. The molecule has 4 aliphatic rings. The van der Waals surface area contributed by atoms with Crippen molar-refractivity contribution in [3.8, 4) is 40.2 Å². The highest BCUT2D eigenvalue weighted by molar-refractivity contribution is 14.1. The molecule has 0 spiro atoms. The molecule has 0 fully saturated rings. The van der Waals surface area contributed by atoms with Crippen LogP contribution in [0.1, 0.15) is 116 Å². The molecule has 8 atom stereocenters. The molecule has 0 amide bonds. The van der Waals surface area contributed by atoms with E-state index in [0.29, 0.717) is 6.61 Å². The zero-order chi connectivity index (χ0) is 80.5. The van der Waals surface area contributed by atoms with Gasteiger partial charge in [0, 0.05) is 30.8 Å². The minimum atomic E-state index is -0.103. The molecular weight excluding hydrogens is 1610 g/mol. The quantitative estimate of drug-likeness (QED) is 0.0638. The molecule has 16 rings (SSSR count). The molecule has 0 bridgehead atoms. The molecule has 4 heterocycles. The van der Waals surface area contributed by atoms with E-state index >= 15 is 0 Å². The van der Waals surface area contributed by atoms with Crippen molar-refractivity contribution in [2.24, 2.45) is 20.0 Å². The summed E-state index contributed by atoms with van der Waals surface area (Å²) in [6.45, 7) is 13.7. The standard InChI is InChI=1S/C26H28N2O.C24H23BrN2O2.C24H23IN2O2.C24H24N2O2/c1-4-20-11-13-21(14-12-20)25-19(3)28(23-15-17-24(18-16-23)29-5-2)26(27-25)22-9-7-6-8-10-22;2*1-16-23(17-4-12-21(28-2)13-5-17)26-24(18-6-14-22(29-3)15-7-18)27(16)20-10-8-19(25)9-11-20;1-17-23(18-9-13-21(27-2)14-10-18)25-24(19-11-15-22(28-3)16-12-19)26(17)20-7-5-4-6-8-20/h6-19,26H,4-5H2,1-3H3;2*4-16,24H,1-3H3;4-17,24H,1-3H3. The number of para-hydroxylation sites is 1. The van der Waals surface area contributed by atoms with E-state index < -0.39 is 0 Å². The van der Waals surface area contributed by atoms with Gasteiger partial charge in [-0.1, -0.05) is 132 Å². The van der Waals surface area contributed by atoms with Crippen LogP contribution in [0.3, 0.4) is 0 Å². The first-order chi connectivity index (χ1) is 56.1. The largest absolute Gasteiger partial charge is 0.497 e. The fourth-order valence-electron chi connectivity index (χ4n) is 15.1. The third kappa shape index (κ3) is 18.9. The number of benzene rings is 12. The molecule has 0 N–H and O–H groups in total. The lowest BCUT2D eigenvalue weighted by Crippen LogP contribution is -2.35. The van der Waals surface area contributed by atoms with Gasteiger partial charge < -0.3 is 52.8 Å². The number of hydrogen-bond acceptors (Lipinski definition) is 15. The SMILES string of the molecule is CCOc1ccc(N2C(C)C(c3ccc(CC)cc3)=NC2c2ccccc2)cc1.COc1ccc(C2=NC(c3ccc(OC)cc3)N(c3ccc(Br)cc3)C2C)cc1.COc1ccc(C2=NC(c3ccc(OC)cc3)N(c3ccc(I)cc3)C2C)cc1.COc1ccc(C2=NC(c3ccc(OC)cc3)N(c3ccccc3)C2C)cc1. The third-order valence-electron chi connectivity index (χ3n) is 21.3. The average Bonchev–Trinajstić information content (AvgIpc) is 1.62. The Bertz CT molecular complexity index is 5070. The molecule has 0 saturated heterocycles. The van der Waals surface area contributed by atoms with Crippen molar-refractivity contribution in [2.45, 2.75) is 96.8 Å². The number of nitrogens with zero attached hydrogens (tertiary/aromatic N) is 8. The Morgan fingerprint density at radius 1 is 0.287 bits per heavy atom. The molecule has 12 aromatic carbocycles. The molecular formula is C98H98BrIN8O7. The Hall–Kier alpha value is -11.7. The lowest BCUT2D eigenvalue weighted by atomic mass is 10.0. The number of aliphatic imine (C=N–C) groups is 4. The molecule has 0 radical (unpaired) electrons. The maximum Gasteiger partial charge on any atom is 0.148 e. The summed E-state index contributed by atoms with van der Waals surface area (Å²) in [5, 5.41) is 0. The van der Waals surface area contributed by atoms with Gasteiger partial charge in [-0.2, -0.15) is 0 Å². The summed E-state index contributed by atoms with van der Waals surface area (Å²) in [6, 6.07) is 105. The predicted octanol–water partition coefficient (Wildman–Crippen LogP) is 22.7. The summed E-state index contributed by atoms with van der Waals surface area (Å²) in [6.07, 6.45) is 0.737. The number of rotatable bonds is 21. The summed E-state index contributed by atoms with van der Waals surface area (Å²) in [5.74, 6) is 5.98. The van der Waals surface area contributed by atoms with Gasteiger partial charge in [0.1, 0.15) is 64.9 Å². The second-order valence-electron chi connectivity index (χ2n) is 28.1. The van der Waals surface area contributed by atoms with Crippen LogP contribution in [0.15, 0.2) is 328 Å². The second kappa shape index (κ2) is 38.4. The van der Waals surface area contributed by atoms with Crippen molar-refractivity contribution in [2.75, 3.05) is 68.9 Å². The highest BCUT2D eigenvalue weighted by Crippen LogP contribution is 2.44. The Labute approximate surface area is 699 Å². The summed E-state index contributed by atoms with van der Waals surface area (Å²) >= 11 is 5.87. The van der Waals surface area contributed by atoms with Crippen molar-refractivity contribution in [3.05, 3.63) is 361 Å². The zero-order valence-electron chi connectivity index (χ0n) is 67.1. The van der Waals surface area contributed by atoms with Gasteiger partial charge in [-0.3, -0.25) is 20.0 Å². The average molecular weight is 1710 g/mol. The number of methoxy groups -OCH3 is 6. The van der Waals surface area contributed by atoms with Crippen LogP contribution in [0, 0.1) is 3.57 Å². The third-order valence-corrected chi connectivity index (χ3v) is 22.5. The maximum absolute atomic E-state index is 5.63. The monoisotopic (exact) mass is 1700 g/mol. The molecule has 115 heavy (non-hydrogen) atoms. The predicted molar refractivity (Wildman–Crippen MR) is 482 cm³/mol. The smallest absolute Gasteiger partial charge is 0.148 e. The van der Waals surface area contributed by atoms with E-state index in [-0.39, 0.29) is 48.8 Å². The number of halogens is 2. The van der Waals surface area contributed by atoms with E-state index in [1.165, 1.54) is 20.3 Å². The summed E-state index contributed by atoms with van der Waals surface area (Å²) in [5.41, 5.74) is 19.4. The number of aryl methyl sites for hydroxylation is 1. The van der Waals surface area contributed by atoms with Crippen LogP contribution >= 0.6 is 38.5 Å². The van der Waals surface area contributed by atoms with Crippen molar-refractivity contribution < 1.29 is 33.2 Å². The molecule has 586 valence electrons. The summed E-state index contributed by atoms with van der Waals surface area (Å²) in [7, 11) is 10.1. The Balaban J connectivity index is 0.000000134. The van der Waals surface area contributed by atoms with Crippen LogP contribution in [0.5, 0.6) is 40.2 Å². The van der Waals surface area contributed by atoms with Crippen LogP contribution in [0.25, 0.3) is 0 Å². The molecule has 8 unspecified atom stereocenters. The molecule has 0 aliphatic carbocycles. The highest BCUT2D eigenvalue weighted by Gasteiger charge is 2.40. The van der Waals surface area contributed by atoms with Gasteiger partial charge >= 0.3 is 0 Å². The van der Waals surface area contributed by atoms with E-state index in [1.54, 1.807) is 42.7 Å². The highest BCUT2D eigenvalue weighted by atomic mass is 127. The molecule has 17 heteroatoms. The van der Waals surface area contributed by atoms with Gasteiger partial charge in [0.2, 0.25) is 0 Å².